The van der Waals surface area contributed by atoms with Gasteiger partial charge in [0.15, 0.2) is 0 Å². The molecule has 1 aromatic carbocycles. The van der Waals surface area contributed by atoms with Crippen molar-refractivity contribution in [2.45, 2.75) is 19.0 Å². The molecular weight excluding hydrogens is 231 g/mol. The average Bonchev–Trinajstić information content (AvgIpc) is 2.14. The molecule has 0 aliphatic carbocycles. The molecule has 0 saturated carbocycles. The van der Waals surface area contributed by atoms with Crippen LogP contribution < -0.4 is 0 Å². The summed E-state index contributed by atoms with van der Waals surface area (Å²) in [6.45, 7) is 0.619. The Balaban J connectivity index is 3.01. The summed E-state index contributed by atoms with van der Waals surface area (Å²) in [5.74, 6) is -5.18. The summed E-state index contributed by atoms with van der Waals surface area (Å²) >= 11 is 0. The van der Waals surface area contributed by atoms with Crippen molar-refractivity contribution in [3.63, 3.8) is 0 Å². The molecule has 0 aromatic heterocycles. The number of rotatable bonds is 2. The van der Waals surface area contributed by atoms with Gasteiger partial charge in [-0.2, -0.15) is 13.2 Å². The van der Waals surface area contributed by atoms with Gasteiger partial charge in [-0.05, 0) is 0 Å². The molecule has 0 fully saturated rings. The van der Waals surface area contributed by atoms with Crippen LogP contribution in [0.15, 0.2) is 24.3 Å². The number of hydrogen-bond donors (Lipinski definition) is 0. The fraction of sp³-hybridized carbons (Fsp3) is 0.300. The molecule has 88 valence electrons. The molecule has 1 nitrogen and oxygen atoms in total. The zero-order valence-electron chi connectivity index (χ0n) is 8.11. The molecule has 1 rings (SSSR count). The van der Waals surface area contributed by atoms with Crippen LogP contribution in [0.3, 0.4) is 0 Å². The summed E-state index contributed by atoms with van der Waals surface area (Å²) in [4.78, 5) is 10.7. The standard InChI is InChI=1S/C10H7F5O/c1-9(11,12)7-4-2-6(3-5-7)8(16)10(13,14)15/h2-5H,1H3. The molecular formula is C10H7F5O. The zero-order valence-corrected chi connectivity index (χ0v) is 8.11. The minimum Gasteiger partial charge on any atom is -0.284 e. The Morgan fingerprint density at radius 1 is 1.00 bits per heavy atom. The third-order valence-corrected chi connectivity index (χ3v) is 1.91. The Bertz CT molecular complexity index is 385. The van der Waals surface area contributed by atoms with Crippen molar-refractivity contribution < 1.29 is 26.7 Å². The van der Waals surface area contributed by atoms with Gasteiger partial charge in [0.25, 0.3) is 11.7 Å². The lowest BCUT2D eigenvalue weighted by molar-refractivity contribution is -0.0885. The fourth-order valence-electron chi connectivity index (χ4n) is 1.08. The van der Waals surface area contributed by atoms with E-state index in [1.54, 1.807) is 0 Å². The van der Waals surface area contributed by atoms with Gasteiger partial charge in [0.05, 0.1) is 0 Å². The van der Waals surface area contributed by atoms with E-state index in [9.17, 15) is 26.7 Å². The summed E-state index contributed by atoms with van der Waals surface area (Å²) < 4.78 is 61.3. The molecule has 0 aliphatic rings. The molecule has 0 unspecified atom stereocenters. The predicted octanol–water partition coefficient (Wildman–Crippen LogP) is 3.54. The van der Waals surface area contributed by atoms with E-state index >= 15 is 0 Å². The second kappa shape index (κ2) is 3.84. The van der Waals surface area contributed by atoms with Gasteiger partial charge in [-0.1, -0.05) is 24.3 Å². The maximum absolute atomic E-state index is 12.7. The second-order valence-corrected chi connectivity index (χ2v) is 3.29. The van der Waals surface area contributed by atoms with E-state index in [4.69, 9.17) is 0 Å². The van der Waals surface area contributed by atoms with Crippen LogP contribution in [0, 0.1) is 0 Å². The van der Waals surface area contributed by atoms with Gasteiger partial charge in [0, 0.05) is 18.1 Å². The van der Waals surface area contributed by atoms with Gasteiger partial charge >= 0.3 is 6.18 Å². The topological polar surface area (TPSA) is 17.1 Å². The summed E-state index contributed by atoms with van der Waals surface area (Å²) in [6.07, 6.45) is -4.99. The number of hydrogen-bond acceptors (Lipinski definition) is 1. The maximum Gasteiger partial charge on any atom is 0.454 e. The van der Waals surface area contributed by atoms with Gasteiger partial charge in [0.2, 0.25) is 0 Å². The van der Waals surface area contributed by atoms with Crippen LogP contribution in [0.4, 0.5) is 22.0 Å². The summed E-state index contributed by atoms with van der Waals surface area (Å²) in [6, 6.07) is 3.09. The highest BCUT2D eigenvalue weighted by Gasteiger charge is 2.39. The largest absolute Gasteiger partial charge is 0.454 e. The number of benzene rings is 1. The number of halogens is 5. The Kier molecular flexibility index (Phi) is 3.03. The first-order chi connectivity index (χ1) is 7.12. The van der Waals surface area contributed by atoms with E-state index in [1.165, 1.54) is 0 Å². The summed E-state index contributed by atoms with van der Waals surface area (Å²) in [7, 11) is 0. The fourth-order valence-corrected chi connectivity index (χ4v) is 1.08. The molecule has 0 heterocycles. The molecule has 0 spiro atoms. The van der Waals surface area contributed by atoms with Crippen LogP contribution in [0.25, 0.3) is 0 Å². The quantitative estimate of drug-likeness (QED) is 0.568. The molecule has 0 amide bonds. The number of carbonyl (C=O) groups is 1. The monoisotopic (exact) mass is 238 g/mol. The lowest BCUT2D eigenvalue weighted by Gasteiger charge is -2.11. The van der Waals surface area contributed by atoms with E-state index in [0.29, 0.717) is 6.92 Å². The third-order valence-electron chi connectivity index (χ3n) is 1.91. The van der Waals surface area contributed by atoms with Gasteiger partial charge in [-0.3, -0.25) is 4.79 Å². The molecule has 0 atom stereocenters. The number of carbonyl (C=O) groups excluding carboxylic acids is 1. The zero-order chi connectivity index (χ0) is 12.6. The van der Waals surface area contributed by atoms with E-state index in [1.807, 2.05) is 0 Å². The van der Waals surface area contributed by atoms with Crippen molar-refractivity contribution in [2.75, 3.05) is 0 Å². The van der Waals surface area contributed by atoms with Crippen LogP contribution in [0.1, 0.15) is 22.8 Å². The molecule has 6 heteroatoms. The van der Waals surface area contributed by atoms with Gasteiger partial charge < -0.3 is 0 Å². The Morgan fingerprint density at radius 2 is 1.44 bits per heavy atom. The molecule has 16 heavy (non-hydrogen) atoms. The van der Waals surface area contributed by atoms with Crippen LogP contribution >= 0.6 is 0 Å². The third kappa shape index (κ3) is 2.77. The highest BCUT2D eigenvalue weighted by atomic mass is 19.4. The number of alkyl halides is 5. The SMILES string of the molecule is CC(F)(F)c1ccc(C(=O)C(F)(F)F)cc1. The number of Topliss-reactive ketones (excluding diaryl/α,β-unsaturated/α-hetero) is 1. The minimum absolute atomic E-state index is 0.439. The van der Waals surface area contributed by atoms with E-state index in [2.05, 4.69) is 0 Å². The van der Waals surface area contributed by atoms with Gasteiger partial charge in [-0.15, -0.1) is 0 Å². The van der Waals surface area contributed by atoms with Gasteiger partial charge in [0.1, 0.15) is 0 Å². The normalized spacial score (nSPS) is 12.6. The van der Waals surface area contributed by atoms with E-state index in [0.717, 1.165) is 24.3 Å². The first-order valence-electron chi connectivity index (χ1n) is 4.22. The van der Waals surface area contributed by atoms with Crippen molar-refractivity contribution in [2.24, 2.45) is 0 Å². The molecule has 0 aliphatic heterocycles. The van der Waals surface area contributed by atoms with Crippen LogP contribution in [-0.4, -0.2) is 12.0 Å². The minimum atomic E-state index is -4.99. The predicted molar refractivity (Wildman–Crippen MR) is 46.4 cm³/mol. The van der Waals surface area contributed by atoms with Crippen molar-refractivity contribution in [3.05, 3.63) is 35.4 Å². The first kappa shape index (κ1) is 12.6. The smallest absolute Gasteiger partial charge is 0.284 e. The van der Waals surface area contributed by atoms with Crippen molar-refractivity contribution in [3.8, 4) is 0 Å². The molecule has 0 N–H and O–H groups in total. The molecule has 0 bridgehead atoms. The van der Waals surface area contributed by atoms with Crippen LogP contribution in [0.2, 0.25) is 0 Å². The van der Waals surface area contributed by atoms with Gasteiger partial charge in [-0.25, -0.2) is 8.78 Å². The lowest BCUT2D eigenvalue weighted by Crippen LogP contribution is -2.22. The Morgan fingerprint density at radius 3 is 1.75 bits per heavy atom. The number of ketones is 1. The maximum atomic E-state index is 12.7. The lowest BCUT2D eigenvalue weighted by atomic mass is 10.0. The molecule has 1 aromatic rings. The van der Waals surface area contributed by atoms with Crippen LogP contribution in [-0.2, 0) is 5.92 Å². The van der Waals surface area contributed by atoms with E-state index in [-0.39, 0.29) is 0 Å². The Hall–Kier alpha value is -1.46. The van der Waals surface area contributed by atoms with Crippen LogP contribution in [0.5, 0.6) is 0 Å². The highest BCUT2D eigenvalue weighted by molar-refractivity contribution is 6.00. The van der Waals surface area contributed by atoms with E-state index < -0.39 is 29.0 Å². The second-order valence-electron chi connectivity index (χ2n) is 3.29. The van der Waals surface area contributed by atoms with Crippen molar-refractivity contribution >= 4 is 5.78 Å². The Labute approximate surface area is 87.9 Å². The first-order valence-corrected chi connectivity index (χ1v) is 4.22. The van der Waals surface area contributed by atoms with Crippen molar-refractivity contribution in [1.29, 1.82) is 0 Å². The van der Waals surface area contributed by atoms with Crippen molar-refractivity contribution in [1.82, 2.24) is 0 Å². The summed E-state index contributed by atoms with van der Waals surface area (Å²) in [5.41, 5.74) is -1.09. The highest BCUT2D eigenvalue weighted by Crippen LogP contribution is 2.28. The molecule has 0 saturated heterocycles. The molecule has 0 radical (unpaired) electrons. The summed E-state index contributed by atoms with van der Waals surface area (Å²) in [5, 5.41) is 0. The average molecular weight is 238 g/mol.